The second kappa shape index (κ2) is 8.17. The molecular formula is C22H31NO3S. The van der Waals surface area contributed by atoms with Crippen molar-refractivity contribution in [1.29, 1.82) is 0 Å². The van der Waals surface area contributed by atoms with E-state index in [0.29, 0.717) is 23.7 Å². The van der Waals surface area contributed by atoms with Crippen molar-refractivity contribution < 1.29 is 14.7 Å². The Kier molecular flexibility index (Phi) is 6.09. The maximum atomic E-state index is 12.7. The summed E-state index contributed by atoms with van der Waals surface area (Å²) in [6, 6.07) is 2.19. The smallest absolute Gasteiger partial charge is 0.303 e. The van der Waals surface area contributed by atoms with Crippen LogP contribution >= 0.6 is 11.3 Å². The van der Waals surface area contributed by atoms with Crippen molar-refractivity contribution >= 4 is 23.2 Å². The number of fused-ring (bicyclic) bond motifs is 2. The number of unbranched alkanes of at least 4 members (excludes halogenated alkanes) is 1. The number of carbonyl (C=O) groups is 2. The van der Waals surface area contributed by atoms with E-state index in [1.165, 1.54) is 6.42 Å². The van der Waals surface area contributed by atoms with Crippen LogP contribution in [-0.4, -0.2) is 23.0 Å². The molecule has 0 aromatic carbocycles. The summed E-state index contributed by atoms with van der Waals surface area (Å²) in [6.45, 7) is 6.72. The average Bonchev–Trinajstić information content (AvgIpc) is 3.04. The quantitative estimate of drug-likeness (QED) is 0.483. The molecule has 0 spiro atoms. The van der Waals surface area contributed by atoms with Gasteiger partial charge in [-0.2, -0.15) is 0 Å². The van der Waals surface area contributed by atoms with Crippen LogP contribution in [0.5, 0.6) is 0 Å². The Labute approximate surface area is 166 Å². The van der Waals surface area contributed by atoms with Gasteiger partial charge in [0.25, 0.3) is 5.91 Å². The highest BCUT2D eigenvalue weighted by molar-refractivity contribution is 7.10. The van der Waals surface area contributed by atoms with Gasteiger partial charge in [0.1, 0.15) is 0 Å². The first-order valence-corrected chi connectivity index (χ1v) is 10.9. The summed E-state index contributed by atoms with van der Waals surface area (Å²) in [5.74, 6) is 1.10. The van der Waals surface area contributed by atoms with Crippen molar-refractivity contribution in [3.63, 3.8) is 0 Å². The topological polar surface area (TPSA) is 66.4 Å². The van der Waals surface area contributed by atoms with Crippen LogP contribution in [0.15, 0.2) is 23.6 Å². The molecule has 2 bridgehead atoms. The number of aliphatic carboxylic acids is 1. The molecule has 0 radical (unpaired) electrons. The van der Waals surface area contributed by atoms with E-state index >= 15 is 0 Å². The number of thiophene rings is 1. The third-order valence-electron chi connectivity index (χ3n) is 6.73. The number of carbonyl (C=O) groups excluding carboxylic acids is 1. The fourth-order valence-corrected chi connectivity index (χ4v) is 5.61. The number of carboxylic acids is 1. The normalized spacial score (nSPS) is 28.7. The molecule has 3 aliphatic rings. The molecule has 1 aromatic heterocycles. The SMILES string of the molecule is Cc1cc(C(=O)N[C@@H]2[C@@H](C/C=C\CCCC(=O)O)C[C@H]3C[C@@H]2C3(C)C)cs1. The number of amides is 1. The van der Waals surface area contributed by atoms with E-state index in [0.717, 1.165) is 35.6 Å². The predicted molar refractivity (Wildman–Crippen MR) is 109 cm³/mol. The van der Waals surface area contributed by atoms with Gasteiger partial charge in [0.15, 0.2) is 0 Å². The maximum Gasteiger partial charge on any atom is 0.303 e. The Bertz CT molecular complexity index is 721. The average molecular weight is 390 g/mol. The van der Waals surface area contributed by atoms with E-state index in [2.05, 4.69) is 31.3 Å². The van der Waals surface area contributed by atoms with Crippen LogP contribution in [0.4, 0.5) is 0 Å². The zero-order valence-corrected chi connectivity index (χ0v) is 17.3. The molecule has 2 N–H and O–H groups in total. The summed E-state index contributed by atoms with van der Waals surface area (Å²) in [7, 11) is 0. The van der Waals surface area contributed by atoms with Gasteiger partial charge < -0.3 is 10.4 Å². The highest BCUT2D eigenvalue weighted by atomic mass is 32.1. The molecule has 0 aliphatic heterocycles. The first-order chi connectivity index (χ1) is 12.8. The molecule has 5 heteroatoms. The molecule has 148 valence electrons. The minimum Gasteiger partial charge on any atom is -0.481 e. The lowest BCUT2D eigenvalue weighted by Gasteiger charge is -2.62. The van der Waals surface area contributed by atoms with Gasteiger partial charge in [-0.1, -0.05) is 26.0 Å². The number of hydrogen-bond acceptors (Lipinski definition) is 3. The van der Waals surface area contributed by atoms with Gasteiger partial charge in [-0.15, -0.1) is 11.3 Å². The summed E-state index contributed by atoms with van der Waals surface area (Å²) in [6.07, 6.45) is 9.37. The third kappa shape index (κ3) is 4.45. The molecule has 1 aromatic rings. The second-order valence-electron chi connectivity index (χ2n) is 8.79. The summed E-state index contributed by atoms with van der Waals surface area (Å²) >= 11 is 1.62. The highest BCUT2D eigenvalue weighted by Crippen LogP contribution is 2.61. The molecule has 4 rings (SSSR count). The van der Waals surface area contributed by atoms with Crippen LogP contribution in [0, 0.1) is 30.1 Å². The Morgan fingerprint density at radius 1 is 1.33 bits per heavy atom. The molecule has 4 atom stereocenters. The molecular weight excluding hydrogens is 358 g/mol. The second-order valence-corrected chi connectivity index (χ2v) is 9.91. The van der Waals surface area contributed by atoms with Crippen molar-refractivity contribution in [2.45, 2.75) is 65.3 Å². The number of allylic oxidation sites excluding steroid dienone is 2. The lowest BCUT2D eigenvalue weighted by Crippen LogP contribution is -2.63. The van der Waals surface area contributed by atoms with Crippen LogP contribution in [0.25, 0.3) is 0 Å². The molecule has 3 fully saturated rings. The highest BCUT2D eigenvalue weighted by Gasteiger charge is 2.57. The summed E-state index contributed by atoms with van der Waals surface area (Å²) in [4.78, 5) is 24.5. The molecule has 1 amide bonds. The summed E-state index contributed by atoms with van der Waals surface area (Å²) in [5, 5.41) is 14.0. The summed E-state index contributed by atoms with van der Waals surface area (Å²) in [5.41, 5.74) is 1.09. The van der Waals surface area contributed by atoms with Crippen molar-refractivity contribution in [1.82, 2.24) is 5.32 Å². The first kappa shape index (κ1) is 20.1. The van der Waals surface area contributed by atoms with Gasteiger partial charge in [0.2, 0.25) is 0 Å². The monoisotopic (exact) mass is 389 g/mol. The molecule has 27 heavy (non-hydrogen) atoms. The molecule has 3 saturated carbocycles. The third-order valence-corrected chi connectivity index (χ3v) is 7.59. The van der Waals surface area contributed by atoms with E-state index in [1.54, 1.807) is 11.3 Å². The predicted octanol–water partition coefficient (Wildman–Crippen LogP) is 5.04. The first-order valence-electron chi connectivity index (χ1n) is 10.0. The van der Waals surface area contributed by atoms with E-state index in [4.69, 9.17) is 5.11 Å². The molecule has 0 saturated heterocycles. The van der Waals surface area contributed by atoms with E-state index in [-0.39, 0.29) is 18.4 Å². The zero-order valence-electron chi connectivity index (χ0n) is 16.5. The largest absolute Gasteiger partial charge is 0.481 e. The van der Waals surface area contributed by atoms with Gasteiger partial charge >= 0.3 is 5.97 Å². The lowest BCUT2D eigenvalue weighted by molar-refractivity contribution is -0.137. The Morgan fingerprint density at radius 3 is 2.74 bits per heavy atom. The Hall–Kier alpha value is -1.62. The number of carboxylic acid groups (broad SMARTS) is 1. The van der Waals surface area contributed by atoms with Crippen LogP contribution in [0.2, 0.25) is 0 Å². The number of rotatable bonds is 8. The molecule has 4 nitrogen and oxygen atoms in total. The van der Waals surface area contributed by atoms with Gasteiger partial charge in [-0.25, -0.2) is 0 Å². The van der Waals surface area contributed by atoms with Crippen molar-refractivity contribution in [3.8, 4) is 0 Å². The van der Waals surface area contributed by atoms with Gasteiger partial charge in [0, 0.05) is 22.7 Å². The Balaban J connectivity index is 1.61. The van der Waals surface area contributed by atoms with Gasteiger partial charge in [-0.3, -0.25) is 9.59 Å². The minimum atomic E-state index is -0.732. The Morgan fingerprint density at radius 2 is 2.11 bits per heavy atom. The van der Waals surface area contributed by atoms with Gasteiger partial charge in [0.05, 0.1) is 5.56 Å². The number of hydrogen-bond donors (Lipinski definition) is 2. The fraction of sp³-hybridized carbons (Fsp3) is 0.636. The number of aryl methyl sites for hydroxylation is 1. The van der Waals surface area contributed by atoms with E-state index < -0.39 is 5.97 Å². The zero-order chi connectivity index (χ0) is 19.6. The fourth-order valence-electron chi connectivity index (χ4n) is 4.92. The minimum absolute atomic E-state index is 0.0564. The van der Waals surface area contributed by atoms with Crippen LogP contribution < -0.4 is 5.32 Å². The van der Waals surface area contributed by atoms with E-state index in [1.807, 2.05) is 18.4 Å². The van der Waals surface area contributed by atoms with Crippen molar-refractivity contribution in [3.05, 3.63) is 34.0 Å². The summed E-state index contributed by atoms with van der Waals surface area (Å²) < 4.78 is 0. The standard InChI is InChI=1S/C22H31NO3S/c1-14-10-16(13-27-14)21(26)23-20-15(8-6-4-5-7-9-19(24)25)11-17-12-18(20)22(17,2)3/h4,6,10,13,15,17-18,20H,5,7-9,11-12H2,1-3H3,(H,23,26)(H,24,25)/b6-4-/t15-,17-,18-,20+/m0/s1. The van der Waals surface area contributed by atoms with Crippen molar-refractivity contribution in [2.75, 3.05) is 0 Å². The molecule has 3 aliphatic carbocycles. The lowest BCUT2D eigenvalue weighted by atomic mass is 9.44. The van der Waals surface area contributed by atoms with E-state index in [9.17, 15) is 9.59 Å². The van der Waals surface area contributed by atoms with Crippen LogP contribution in [0.3, 0.4) is 0 Å². The maximum absolute atomic E-state index is 12.7. The number of nitrogens with one attached hydrogen (secondary N) is 1. The molecule has 1 heterocycles. The van der Waals surface area contributed by atoms with Crippen molar-refractivity contribution in [2.24, 2.45) is 23.2 Å². The van der Waals surface area contributed by atoms with Crippen LogP contribution in [0.1, 0.15) is 67.6 Å². The molecule has 0 unspecified atom stereocenters. The van der Waals surface area contributed by atoms with Crippen LogP contribution in [-0.2, 0) is 4.79 Å². The van der Waals surface area contributed by atoms with Gasteiger partial charge in [-0.05, 0) is 68.3 Å².